The highest BCUT2D eigenvalue weighted by atomic mass is 19.1. The summed E-state index contributed by atoms with van der Waals surface area (Å²) in [6.07, 6.45) is 3.61. The molecule has 158 valence electrons. The highest BCUT2D eigenvalue weighted by Gasteiger charge is 2.38. The van der Waals surface area contributed by atoms with E-state index in [0.29, 0.717) is 6.54 Å². The Labute approximate surface area is 170 Å². The van der Waals surface area contributed by atoms with Crippen LogP contribution in [0.3, 0.4) is 0 Å². The Kier molecular flexibility index (Phi) is 6.10. The summed E-state index contributed by atoms with van der Waals surface area (Å²) in [5, 5.41) is 5.20. The average molecular weight is 405 g/mol. The van der Waals surface area contributed by atoms with Gasteiger partial charge < -0.3 is 15.0 Å². The predicted octanol–water partition coefficient (Wildman–Crippen LogP) is 3.90. The molecule has 1 saturated carbocycles. The van der Waals surface area contributed by atoms with Crippen molar-refractivity contribution in [1.29, 1.82) is 0 Å². The Morgan fingerprint density at radius 3 is 2.48 bits per heavy atom. The van der Waals surface area contributed by atoms with E-state index < -0.39 is 23.4 Å². The van der Waals surface area contributed by atoms with E-state index in [1.54, 1.807) is 20.8 Å². The van der Waals surface area contributed by atoms with Crippen molar-refractivity contribution in [2.75, 3.05) is 17.2 Å². The average Bonchev–Trinajstić information content (AvgIpc) is 3.25. The van der Waals surface area contributed by atoms with Crippen LogP contribution in [0.5, 0.6) is 0 Å². The molecular weight excluding hydrogens is 377 g/mol. The van der Waals surface area contributed by atoms with Crippen molar-refractivity contribution in [2.45, 2.75) is 64.5 Å². The normalized spacial score (nSPS) is 20.1. The molecule has 0 spiro atoms. The topological polar surface area (TPSA) is 87.7 Å². The molecule has 2 aliphatic rings. The van der Waals surface area contributed by atoms with Crippen molar-refractivity contribution in [3.8, 4) is 0 Å². The number of likely N-dealkylation sites (tertiary alicyclic amines) is 1. The fourth-order valence-corrected chi connectivity index (χ4v) is 3.85. The first-order chi connectivity index (χ1) is 13.6. The largest absolute Gasteiger partial charge is 0.444 e. The van der Waals surface area contributed by atoms with Crippen LogP contribution in [0.4, 0.5) is 20.6 Å². The van der Waals surface area contributed by atoms with Crippen LogP contribution in [0.1, 0.15) is 52.9 Å². The molecule has 3 amide bonds. The molecule has 1 saturated heterocycles. The molecule has 1 unspecified atom stereocenters. The molecule has 1 aromatic rings. The zero-order chi connectivity index (χ0) is 21.2. The smallest absolute Gasteiger partial charge is 0.412 e. The number of halogens is 1. The van der Waals surface area contributed by atoms with E-state index in [9.17, 15) is 18.8 Å². The summed E-state index contributed by atoms with van der Waals surface area (Å²) in [5.74, 6) is -1.43. The van der Waals surface area contributed by atoms with Gasteiger partial charge in [0.05, 0.1) is 17.3 Å². The lowest BCUT2D eigenvalue weighted by Gasteiger charge is -2.24. The first-order valence-corrected chi connectivity index (χ1v) is 10.0. The zero-order valence-corrected chi connectivity index (χ0v) is 17.1. The van der Waals surface area contributed by atoms with Gasteiger partial charge in [0, 0.05) is 19.0 Å². The van der Waals surface area contributed by atoms with Gasteiger partial charge in [-0.3, -0.25) is 14.9 Å². The molecule has 2 N–H and O–H groups in total. The van der Waals surface area contributed by atoms with Crippen molar-refractivity contribution in [3.63, 3.8) is 0 Å². The predicted molar refractivity (Wildman–Crippen MR) is 107 cm³/mol. The first-order valence-electron chi connectivity index (χ1n) is 10.0. The highest BCUT2D eigenvalue weighted by molar-refractivity contribution is 6.01. The minimum absolute atomic E-state index is 0.0107. The number of amides is 3. The van der Waals surface area contributed by atoms with Crippen molar-refractivity contribution in [3.05, 3.63) is 24.0 Å². The van der Waals surface area contributed by atoms with E-state index in [-0.39, 0.29) is 35.7 Å². The van der Waals surface area contributed by atoms with E-state index in [1.165, 1.54) is 12.1 Å². The standard InChI is InChI=1S/C21H28FN3O4/c1-21(2,3)29-20(28)24-16-9-8-14(22)11-17(16)23-19(27)13-10-18(26)25(12-13)15-6-4-5-7-15/h8-9,11,13,15H,4-7,10,12H2,1-3H3,(H,23,27)(H,24,28). The Hall–Kier alpha value is -2.64. The highest BCUT2D eigenvalue weighted by Crippen LogP contribution is 2.31. The Balaban J connectivity index is 1.67. The first kappa shape index (κ1) is 21.1. The maximum Gasteiger partial charge on any atom is 0.412 e. The molecule has 0 bridgehead atoms. The van der Waals surface area contributed by atoms with Gasteiger partial charge in [-0.2, -0.15) is 0 Å². The number of rotatable bonds is 4. The number of hydrogen-bond donors (Lipinski definition) is 2. The van der Waals surface area contributed by atoms with Crippen LogP contribution in [0, 0.1) is 11.7 Å². The Morgan fingerprint density at radius 1 is 1.14 bits per heavy atom. The summed E-state index contributed by atoms with van der Waals surface area (Å²) in [6, 6.07) is 3.90. The number of ether oxygens (including phenoxy) is 1. The monoisotopic (exact) mass is 405 g/mol. The van der Waals surface area contributed by atoms with Gasteiger partial charge in [0.2, 0.25) is 11.8 Å². The molecule has 2 fully saturated rings. The minimum Gasteiger partial charge on any atom is -0.444 e. The SMILES string of the molecule is CC(C)(C)OC(=O)Nc1ccc(F)cc1NC(=O)C1CC(=O)N(C2CCCC2)C1. The fourth-order valence-electron chi connectivity index (χ4n) is 3.85. The molecule has 1 aliphatic carbocycles. The van der Waals surface area contributed by atoms with Gasteiger partial charge in [-0.1, -0.05) is 12.8 Å². The maximum absolute atomic E-state index is 13.8. The molecule has 1 heterocycles. The van der Waals surface area contributed by atoms with Crippen LogP contribution >= 0.6 is 0 Å². The van der Waals surface area contributed by atoms with Crippen LogP contribution in [0.2, 0.25) is 0 Å². The van der Waals surface area contributed by atoms with Gasteiger partial charge in [0.15, 0.2) is 0 Å². The Morgan fingerprint density at radius 2 is 1.83 bits per heavy atom. The lowest BCUT2D eigenvalue weighted by molar-refractivity contribution is -0.129. The number of nitrogens with one attached hydrogen (secondary N) is 2. The third-order valence-electron chi connectivity index (χ3n) is 5.17. The summed E-state index contributed by atoms with van der Waals surface area (Å²) in [4.78, 5) is 38.9. The van der Waals surface area contributed by atoms with Gasteiger partial charge in [0.1, 0.15) is 11.4 Å². The maximum atomic E-state index is 13.8. The van der Waals surface area contributed by atoms with Gasteiger partial charge in [-0.15, -0.1) is 0 Å². The summed E-state index contributed by atoms with van der Waals surface area (Å²) in [5.41, 5.74) is -0.333. The van der Waals surface area contributed by atoms with Crippen molar-refractivity contribution >= 4 is 29.3 Å². The van der Waals surface area contributed by atoms with Crippen molar-refractivity contribution in [2.24, 2.45) is 5.92 Å². The molecule has 0 radical (unpaired) electrons. The third kappa shape index (κ3) is 5.46. The molecule has 1 aliphatic heterocycles. The van der Waals surface area contributed by atoms with Gasteiger partial charge in [0.25, 0.3) is 0 Å². The molecular formula is C21H28FN3O4. The number of benzene rings is 1. The van der Waals surface area contributed by atoms with Crippen molar-refractivity contribution < 1.29 is 23.5 Å². The molecule has 29 heavy (non-hydrogen) atoms. The molecule has 3 rings (SSSR count). The molecule has 0 aromatic heterocycles. The van der Waals surface area contributed by atoms with Gasteiger partial charge in [-0.25, -0.2) is 9.18 Å². The second-order valence-electron chi connectivity index (χ2n) is 8.69. The number of carbonyl (C=O) groups excluding carboxylic acids is 3. The summed E-state index contributed by atoms with van der Waals surface area (Å²) in [7, 11) is 0. The van der Waals surface area contributed by atoms with Crippen molar-refractivity contribution in [1.82, 2.24) is 4.90 Å². The van der Waals surface area contributed by atoms with Crippen LogP contribution in [-0.4, -0.2) is 41.0 Å². The summed E-state index contributed by atoms with van der Waals surface area (Å²) < 4.78 is 19.0. The van der Waals surface area contributed by atoms with Crippen LogP contribution in [0.15, 0.2) is 18.2 Å². The molecule has 8 heteroatoms. The summed E-state index contributed by atoms with van der Waals surface area (Å²) in [6.45, 7) is 5.56. The second-order valence-corrected chi connectivity index (χ2v) is 8.69. The molecule has 1 atom stereocenters. The lowest BCUT2D eigenvalue weighted by Crippen LogP contribution is -2.35. The Bertz CT molecular complexity index is 800. The molecule has 7 nitrogen and oxygen atoms in total. The minimum atomic E-state index is -0.706. The van der Waals surface area contributed by atoms with Crippen LogP contribution < -0.4 is 10.6 Å². The van der Waals surface area contributed by atoms with E-state index >= 15 is 0 Å². The quantitative estimate of drug-likeness (QED) is 0.795. The molecule has 1 aromatic carbocycles. The van der Waals surface area contributed by atoms with Gasteiger partial charge >= 0.3 is 6.09 Å². The number of hydrogen-bond acceptors (Lipinski definition) is 4. The van der Waals surface area contributed by atoms with E-state index in [4.69, 9.17) is 4.74 Å². The summed E-state index contributed by atoms with van der Waals surface area (Å²) >= 11 is 0. The second kappa shape index (κ2) is 8.39. The number of anilines is 2. The fraction of sp³-hybridized carbons (Fsp3) is 0.571. The van der Waals surface area contributed by atoms with Crippen LogP contribution in [0.25, 0.3) is 0 Å². The number of carbonyl (C=O) groups is 3. The lowest BCUT2D eigenvalue weighted by atomic mass is 10.1. The van der Waals surface area contributed by atoms with E-state index in [0.717, 1.165) is 31.7 Å². The third-order valence-corrected chi connectivity index (χ3v) is 5.17. The van der Waals surface area contributed by atoms with E-state index in [1.807, 2.05) is 4.90 Å². The number of nitrogens with zero attached hydrogens (tertiary/aromatic N) is 1. The van der Waals surface area contributed by atoms with E-state index in [2.05, 4.69) is 10.6 Å². The van der Waals surface area contributed by atoms with Crippen LogP contribution in [-0.2, 0) is 14.3 Å². The van der Waals surface area contributed by atoms with Gasteiger partial charge in [-0.05, 0) is 51.8 Å². The zero-order valence-electron chi connectivity index (χ0n) is 17.1.